The van der Waals surface area contributed by atoms with Crippen molar-refractivity contribution in [1.82, 2.24) is 9.78 Å². The van der Waals surface area contributed by atoms with Gasteiger partial charge in [0, 0.05) is 5.92 Å². The van der Waals surface area contributed by atoms with Crippen LogP contribution in [0, 0.1) is 10.1 Å². The highest BCUT2D eigenvalue weighted by molar-refractivity contribution is 6.31. The van der Waals surface area contributed by atoms with E-state index in [0.29, 0.717) is 25.5 Å². The van der Waals surface area contributed by atoms with Crippen LogP contribution in [0.1, 0.15) is 36.1 Å². The van der Waals surface area contributed by atoms with Gasteiger partial charge in [0.1, 0.15) is 17.8 Å². The molecule has 0 N–H and O–H groups in total. The molecule has 0 radical (unpaired) electrons. The lowest BCUT2D eigenvalue weighted by atomic mass is 10.2. The number of rotatable bonds is 6. The maximum Gasteiger partial charge on any atom is 0.329 e. The second-order valence-corrected chi connectivity index (χ2v) is 6.80. The van der Waals surface area contributed by atoms with Gasteiger partial charge in [-0.25, -0.2) is 4.68 Å². The predicted octanol–water partition coefficient (Wildman–Crippen LogP) is 3.48. The van der Waals surface area contributed by atoms with Crippen molar-refractivity contribution >= 4 is 17.3 Å². The first-order chi connectivity index (χ1) is 12.1. The number of ether oxygens (including phenoxy) is 2. The van der Waals surface area contributed by atoms with E-state index in [4.69, 9.17) is 21.1 Å². The maximum atomic E-state index is 11.4. The summed E-state index contributed by atoms with van der Waals surface area (Å²) in [5, 5.41) is 15.9. The summed E-state index contributed by atoms with van der Waals surface area (Å²) in [5.41, 5.74) is 1.48. The molecule has 1 aliphatic carbocycles. The van der Waals surface area contributed by atoms with Gasteiger partial charge >= 0.3 is 5.69 Å². The topological polar surface area (TPSA) is 79.4 Å². The Bertz CT molecular complexity index is 776. The van der Waals surface area contributed by atoms with Gasteiger partial charge in [-0.15, -0.1) is 0 Å². The maximum absolute atomic E-state index is 11.4. The summed E-state index contributed by atoms with van der Waals surface area (Å²) in [6.07, 6.45) is 1.59. The molecule has 2 aliphatic rings. The third kappa shape index (κ3) is 3.27. The highest BCUT2D eigenvalue weighted by Gasteiger charge is 2.41. The van der Waals surface area contributed by atoms with Crippen LogP contribution in [0.5, 0.6) is 0 Å². The number of aromatic nitrogens is 2. The number of nitro groups is 1. The second-order valence-electron chi connectivity index (χ2n) is 6.44. The Labute approximate surface area is 149 Å². The quantitative estimate of drug-likeness (QED) is 0.580. The third-order valence-electron chi connectivity index (χ3n) is 4.62. The zero-order chi connectivity index (χ0) is 17.4. The van der Waals surface area contributed by atoms with Gasteiger partial charge in [0.25, 0.3) is 0 Å². The summed E-state index contributed by atoms with van der Waals surface area (Å²) in [6.45, 7) is 1.24. The minimum absolute atomic E-state index is 0.0655. The molecule has 7 nitrogen and oxygen atoms in total. The number of benzene rings is 1. The molecule has 2 aromatic rings. The van der Waals surface area contributed by atoms with E-state index in [2.05, 4.69) is 5.10 Å². The Balaban J connectivity index is 1.56. The fourth-order valence-electron chi connectivity index (χ4n) is 3.13. The number of nitrogens with zero attached hydrogens (tertiary/aromatic N) is 3. The van der Waals surface area contributed by atoms with Gasteiger partial charge in [0.15, 0.2) is 0 Å². The van der Waals surface area contributed by atoms with Crippen molar-refractivity contribution in [2.75, 3.05) is 13.2 Å². The van der Waals surface area contributed by atoms with E-state index in [1.807, 2.05) is 30.3 Å². The van der Waals surface area contributed by atoms with Crippen molar-refractivity contribution < 1.29 is 14.4 Å². The first-order valence-electron chi connectivity index (χ1n) is 8.30. The molecule has 1 aromatic carbocycles. The summed E-state index contributed by atoms with van der Waals surface area (Å²) in [5.74, 6) is 0.144. The third-order valence-corrected chi connectivity index (χ3v) is 4.97. The van der Waals surface area contributed by atoms with Crippen molar-refractivity contribution in [3.05, 3.63) is 56.9 Å². The normalized spacial score (nSPS) is 23.1. The molecule has 2 unspecified atom stereocenters. The van der Waals surface area contributed by atoms with Crippen LogP contribution in [0.25, 0.3) is 0 Å². The number of hydrogen-bond acceptors (Lipinski definition) is 5. The van der Waals surface area contributed by atoms with Crippen molar-refractivity contribution in [2.24, 2.45) is 0 Å². The monoisotopic (exact) mass is 363 g/mol. The Hall–Kier alpha value is -1.96. The van der Waals surface area contributed by atoms with Gasteiger partial charge in [-0.1, -0.05) is 41.9 Å². The summed E-state index contributed by atoms with van der Waals surface area (Å²) in [7, 11) is 0. The van der Waals surface area contributed by atoms with Crippen LogP contribution >= 0.6 is 11.6 Å². The van der Waals surface area contributed by atoms with Gasteiger partial charge in [0.2, 0.25) is 5.15 Å². The Morgan fingerprint density at radius 3 is 2.76 bits per heavy atom. The fraction of sp³-hybridized carbons (Fsp3) is 0.471. The summed E-state index contributed by atoms with van der Waals surface area (Å²) in [6, 6.07) is 9.58. The average molecular weight is 364 g/mol. The number of halogens is 1. The molecular formula is C17H18ClN3O4. The summed E-state index contributed by atoms with van der Waals surface area (Å²) < 4.78 is 13.0. The predicted molar refractivity (Wildman–Crippen MR) is 90.7 cm³/mol. The van der Waals surface area contributed by atoms with E-state index < -0.39 is 4.92 Å². The van der Waals surface area contributed by atoms with Crippen molar-refractivity contribution in [3.8, 4) is 0 Å². The summed E-state index contributed by atoms with van der Waals surface area (Å²) in [4.78, 5) is 11.0. The molecular weight excluding hydrogens is 346 g/mol. The SMILES string of the molecule is O=[N+]([O-])c1c(C2CC2)nn(C2COCC2OCc2ccccc2)c1Cl. The zero-order valence-electron chi connectivity index (χ0n) is 13.5. The van der Waals surface area contributed by atoms with E-state index in [1.165, 1.54) is 4.68 Å². The highest BCUT2D eigenvalue weighted by atomic mass is 35.5. The fourth-order valence-corrected chi connectivity index (χ4v) is 3.46. The van der Waals surface area contributed by atoms with Crippen molar-refractivity contribution in [3.63, 3.8) is 0 Å². The van der Waals surface area contributed by atoms with E-state index in [1.54, 1.807) is 0 Å². The molecule has 4 rings (SSSR count). The van der Waals surface area contributed by atoms with Crippen molar-refractivity contribution in [1.29, 1.82) is 0 Å². The van der Waals surface area contributed by atoms with E-state index in [-0.39, 0.29) is 28.9 Å². The largest absolute Gasteiger partial charge is 0.376 e. The highest BCUT2D eigenvalue weighted by Crippen LogP contribution is 2.46. The van der Waals surface area contributed by atoms with Crippen molar-refractivity contribution in [2.45, 2.75) is 37.5 Å². The lowest BCUT2D eigenvalue weighted by Gasteiger charge is -2.19. The molecule has 2 atom stereocenters. The van der Waals surface area contributed by atoms with Gasteiger partial charge in [-0.2, -0.15) is 5.10 Å². The van der Waals surface area contributed by atoms with Gasteiger partial charge in [-0.05, 0) is 18.4 Å². The molecule has 1 aromatic heterocycles. The van der Waals surface area contributed by atoms with E-state index in [9.17, 15) is 10.1 Å². The van der Waals surface area contributed by atoms with Gasteiger partial charge < -0.3 is 9.47 Å². The van der Waals surface area contributed by atoms with E-state index >= 15 is 0 Å². The Morgan fingerprint density at radius 2 is 2.08 bits per heavy atom. The van der Waals surface area contributed by atoms with Crippen LogP contribution in [0.2, 0.25) is 5.15 Å². The Kier molecular flexibility index (Phi) is 4.45. The molecule has 2 fully saturated rings. The molecule has 1 saturated heterocycles. The van der Waals surface area contributed by atoms with Gasteiger partial charge in [0.05, 0.1) is 24.7 Å². The molecule has 25 heavy (non-hydrogen) atoms. The average Bonchev–Trinajstić information content (AvgIpc) is 3.25. The molecule has 0 amide bonds. The molecule has 2 heterocycles. The van der Waals surface area contributed by atoms with E-state index in [0.717, 1.165) is 18.4 Å². The van der Waals surface area contributed by atoms with Crippen LogP contribution in [-0.2, 0) is 16.1 Å². The van der Waals surface area contributed by atoms with Crippen LogP contribution < -0.4 is 0 Å². The molecule has 1 aliphatic heterocycles. The first kappa shape index (κ1) is 16.5. The van der Waals surface area contributed by atoms with Crippen LogP contribution in [-0.4, -0.2) is 34.0 Å². The molecule has 8 heteroatoms. The molecule has 132 valence electrons. The first-order valence-corrected chi connectivity index (χ1v) is 8.68. The standard InChI is InChI=1S/C17H18ClN3O4/c18-17-16(21(22)23)15(12-6-7-12)19-20(17)13-9-24-10-14(13)25-8-11-4-2-1-3-5-11/h1-5,12-14H,6-10H2. The summed E-state index contributed by atoms with van der Waals surface area (Å²) >= 11 is 6.31. The zero-order valence-corrected chi connectivity index (χ0v) is 14.3. The van der Waals surface area contributed by atoms with Crippen LogP contribution in [0.15, 0.2) is 30.3 Å². The minimum atomic E-state index is -0.435. The molecule has 1 saturated carbocycles. The van der Waals surface area contributed by atoms with Crippen LogP contribution in [0.3, 0.4) is 0 Å². The smallest absolute Gasteiger partial charge is 0.329 e. The molecule has 0 bridgehead atoms. The van der Waals surface area contributed by atoms with Gasteiger partial charge in [-0.3, -0.25) is 10.1 Å². The second kappa shape index (κ2) is 6.74. The lowest BCUT2D eigenvalue weighted by molar-refractivity contribution is -0.385. The Morgan fingerprint density at radius 1 is 1.32 bits per heavy atom. The lowest BCUT2D eigenvalue weighted by Crippen LogP contribution is -2.26. The number of hydrogen-bond donors (Lipinski definition) is 0. The molecule has 0 spiro atoms. The minimum Gasteiger partial charge on any atom is -0.376 e. The van der Waals surface area contributed by atoms with Crippen LogP contribution in [0.4, 0.5) is 5.69 Å².